The number of hydrogen-bond acceptors (Lipinski definition) is 5. The van der Waals surface area contributed by atoms with Crippen LogP contribution in [0.1, 0.15) is 13.3 Å². The molecule has 0 saturated heterocycles. The number of rotatable bonds is 4. The lowest BCUT2D eigenvalue weighted by molar-refractivity contribution is 0.407. The molecule has 0 aliphatic heterocycles. The predicted octanol–water partition coefficient (Wildman–Crippen LogP) is 0.700. The summed E-state index contributed by atoms with van der Waals surface area (Å²) >= 11 is 0.722. The molecule has 0 amide bonds. The van der Waals surface area contributed by atoms with Crippen LogP contribution in [0.3, 0.4) is 0 Å². The summed E-state index contributed by atoms with van der Waals surface area (Å²) in [7, 11) is -0.483. The summed E-state index contributed by atoms with van der Waals surface area (Å²) in [6.07, 6.45) is 0.806. The minimum absolute atomic E-state index is 0.555. The van der Waals surface area contributed by atoms with Crippen LogP contribution in [0.2, 0.25) is 0 Å². The van der Waals surface area contributed by atoms with Crippen molar-refractivity contribution in [2.45, 2.75) is 13.3 Å². The summed E-state index contributed by atoms with van der Waals surface area (Å²) < 4.78 is 31.5. The van der Waals surface area contributed by atoms with Gasteiger partial charge in [0.1, 0.15) is 0 Å². The van der Waals surface area contributed by atoms with E-state index >= 15 is 0 Å². The highest BCUT2D eigenvalue weighted by Gasteiger charge is 2.02. The minimum atomic E-state index is -4.23. The van der Waals surface area contributed by atoms with Crippen molar-refractivity contribution >= 4 is 22.4 Å². The van der Waals surface area contributed by atoms with Gasteiger partial charge in [0.25, 0.3) is 0 Å². The third kappa shape index (κ3) is 22.5. The van der Waals surface area contributed by atoms with Crippen molar-refractivity contribution in [2.75, 3.05) is 19.8 Å². The van der Waals surface area contributed by atoms with Crippen LogP contribution in [0.4, 0.5) is 0 Å². The van der Waals surface area contributed by atoms with Crippen molar-refractivity contribution in [1.29, 1.82) is 0 Å². The molecule has 0 bridgehead atoms. The maximum atomic E-state index is 9.82. The quantitative estimate of drug-likeness (QED) is 0.410. The van der Waals surface area contributed by atoms with Crippen LogP contribution in [0.15, 0.2) is 0 Å². The molecule has 5 nitrogen and oxygen atoms in total. The average molecular weight is 217 g/mol. The van der Waals surface area contributed by atoms with Gasteiger partial charge in [-0.2, -0.15) is 12.0 Å². The zero-order valence-corrected chi connectivity index (χ0v) is 9.04. The first kappa shape index (κ1) is 14.7. The molecule has 0 atom stereocenters. The Morgan fingerprint density at radius 1 is 1.50 bits per heavy atom. The first-order valence-corrected chi connectivity index (χ1v) is 5.62. The molecule has 0 aromatic carbocycles. The van der Waals surface area contributed by atoms with E-state index in [-0.39, 0.29) is 0 Å². The molecule has 0 aliphatic carbocycles. The van der Waals surface area contributed by atoms with Crippen molar-refractivity contribution in [3.05, 3.63) is 0 Å². The summed E-state index contributed by atoms with van der Waals surface area (Å²) in [4.78, 5) is 0. The maximum absolute atomic E-state index is 9.82. The highest BCUT2D eigenvalue weighted by Crippen LogP contribution is 2.06. The Bertz CT molecular complexity index is 168. The topological polar surface area (TPSA) is 75.6 Å². The fourth-order valence-corrected chi connectivity index (χ4v) is 1.10. The second-order valence-corrected chi connectivity index (χ2v) is 3.86. The summed E-state index contributed by atoms with van der Waals surface area (Å²) in [5.74, 6) is 0.555. The molecule has 7 heteroatoms. The molecule has 76 valence electrons. The Hall–Kier alpha value is 0.180. The van der Waals surface area contributed by atoms with Crippen LogP contribution in [-0.4, -0.2) is 32.8 Å². The summed E-state index contributed by atoms with van der Waals surface area (Å²) in [6.45, 7) is 1.88. The van der Waals surface area contributed by atoms with E-state index in [1.165, 1.54) is 0 Å². The second-order valence-electron chi connectivity index (χ2n) is 1.82. The summed E-state index contributed by atoms with van der Waals surface area (Å²) in [5, 5.41) is 2.75. The highest BCUT2D eigenvalue weighted by atomic mass is 32.3. The van der Waals surface area contributed by atoms with Crippen LogP contribution in [-0.2, 0) is 14.0 Å². The molecule has 0 unspecified atom stereocenters. The van der Waals surface area contributed by atoms with Gasteiger partial charge in [0.05, 0.1) is 0 Å². The van der Waals surface area contributed by atoms with Gasteiger partial charge in [0, 0.05) is 17.8 Å². The lowest BCUT2D eigenvalue weighted by Crippen LogP contribution is -1.96. The zero-order chi connectivity index (χ0) is 10.0. The lowest BCUT2D eigenvalue weighted by Gasteiger charge is -1.93. The van der Waals surface area contributed by atoms with E-state index in [0.717, 1.165) is 18.5 Å². The monoisotopic (exact) mass is 217 g/mol. The van der Waals surface area contributed by atoms with E-state index in [2.05, 4.69) is 8.95 Å². The van der Waals surface area contributed by atoms with Gasteiger partial charge < -0.3 is 5.32 Å². The molecule has 0 fully saturated rings. The Balaban J connectivity index is 0. The zero-order valence-electron chi connectivity index (χ0n) is 7.40. The minimum Gasteiger partial charge on any atom is -0.323 e. The van der Waals surface area contributed by atoms with Gasteiger partial charge in [-0.05, 0) is 20.5 Å². The van der Waals surface area contributed by atoms with Gasteiger partial charge in [0.2, 0.25) is 0 Å². The maximum Gasteiger partial charge on any atom is 0.408 e. The normalized spacial score (nSPS) is 10.3. The van der Waals surface area contributed by atoms with E-state index in [0.29, 0.717) is 5.75 Å². The summed E-state index contributed by atoms with van der Waals surface area (Å²) in [6, 6.07) is 0. The Kier molecular flexibility index (Phi) is 11.3. The third-order valence-electron chi connectivity index (χ3n) is 0.422. The van der Waals surface area contributed by atoms with E-state index in [1.54, 1.807) is 0 Å². The Labute approximate surface area is 78.0 Å². The van der Waals surface area contributed by atoms with E-state index in [4.69, 9.17) is 4.55 Å². The van der Waals surface area contributed by atoms with E-state index in [9.17, 15) is 8.42 Å². The fraction of sp³-hybridized carbons (Fsp3) is 1.00. The van der Waals surface area contributed by atoms with Crippen LogP contribution in [0, 0.1) is 0 Å². The molecule has 0 rings (SSSR count). The fourth-order valence-electron chi connectivity index (χ4n) is 0.178. The average Bonchev–Trinajstić information content (AvgIpc) is 1.87. The molecule has 12 heavy (non-hydrogen) atoms. The van der Waals surface area contributed by atoms with Crippen LogP contribution in [0.25, 0.3) is 0 Å². The largest absolute Gasteiger partial charge is 0.408 e. The Morgan fingerprint density at radius 2 is 1.92 bits per heavy atom. The van der Waals surface area contributed by atoms with Crippen molar-refractivity contribution in [3.63, 3.8) is 0 Å². The Morgan fingerprint density at radius 3 is 2.17 bits per heavy atom. The molecular weight excluding hydrogens is 202 g/mol. The smallest absolute Gasteiger partial charge is 0.323 e. The summed E-state index contributed by atoms with van der Waals surface area (Å²) in [5.41, 5.74) is 0. The highest BCUT2D eigenvalue weighted by molar-refractivity contribution is 8.02. The second kappa shape index (κ2) is 9.27. The van der Waals surface area contributed by atoms with Crippen molar-refractivity contribution < 1.29 is 16.6 Å². The van der Waals surface area contributed by atoms with Gasteiger partial charge in [-0.25, -0.2) is 0 Å². The molecule has 0 spiro atoms. The van der Waals surface area contributed by atoms with Gasteiger partial charge in [-0.3, -0.25) is 4.55 Å². The standard InChI is InChI=1S/C3H8O4S2.C2H7N/c1-2-3-8-7-9(4,5)6;1-3-2/h2-3H2,1H3,(H,4,5,6);3H,1-2H3. The first-order valence-electron chi connectivity index (χ1n) is 3.35. The molecule has 0 saturated carbocycles. The van der Waals surface area contributed by atoms with Gasteiger partial charge >= 0.3 is 10.4 Å². The van der Waals surface area contributed by atoms with Crippen LogP contribution < -0.4 is 5.32 Å². The van der Waals surface area contributed by atoms with Crippen molar-refractivity contribution in [2.24, 2.45) is 0 Å². The first-order chi connectivity index (χ1) is 5.47. The van der Waals surface area contributed by atoms with Gasteiger partial charge in [-0.15, -0.1) is 0 Å². The van der Waals surface area contributed by atoms with Crippen LogP contribution in [0.5, 0.6) is 0 Å². The van der Waals surface area contributed by atoms with Crippen LogP contribution >= 0.6 is 12.0 Å². The molecule has 0 aromatic rings. The third-order valence-corrected chi connectivity index (χ3v) is 2.07. The SMILES string of the molecule is CCCSOS(=O)(=O)O.CNC. The number of nitrogens with one attached hydrogen (secondary N) is 1. The predicted molar refractivity (Wildman–Crippen MR) is 50.4 cm³/mol. The van der Waals surface area contributed by atoms with Gasteiger partial charge in [-0.1, -0.05) is 6.92 Å². The molecule has 0 heterocycles. The molecule has 0 aliphatic rings. The van der Waals surface area contributed by atoms with E-state index in [1.807, 2.05) is 21.0 Å². The van der Waals surface area contributed by atoms with Crippen molar-refractivity contribution in [3.8, 4) is 0 Å². The molecule has 0 aromatic heterocycles. The molecular formula is C5H15NO4S2. The number of hydrogen-bond donors (Lipinski definition) is 2. The lowest BCUT2D eigenvalue weighted by atomic mass is 10.6. The van der Waals surface area contributed by atoms with E-state index < -0.39 is 10.4 Å². The molecule has 2 N–H and O–H groups in total. The molecule has 0 radical (unpaired) electrons. The van der Waals surface area contributed by atoms with Gasteiger partial charge in [0.15, 0.2) is 0 Å². The van der Waals surface area contributed by atoms with Crippen molar-refractivity contribution in [1.82, 2.24) is 5.32 Å².